The fourth-order valence-electron chi connectivity index (χ4n) is 1.80. The predicted octanol–water partition coefficient (Wildman–Crippen LogP) is 1.65. The molecular formula is C14H22N2O2S. The molecule has 19 heavy (non-hydrogen) atoms. The number of rotatable bonds is 7. The first-order valence-electron chi connectivity index (χ1n) is 6.41. The number of hydrogen-bond acceptors (Lipinski definition) is 3. The first-order valence-corrected chi connectivity index (χ1v) is 8.14. The number of nitrogens with one attached hydrogen (secondary N) is 1. The zero-order valence-corrected chi connectivity index (χ0v) is 12.3. The fourth-order valence-corrected chi connectivity index (χ4v) is 2.35. The summed E-state index contributed by atoms with van der Waals surface area (Å²) in [5, 5.41) is 2.85. The summed E-state index contributed by atoms with van der Waals surface area (Å²) in [5.41, 5.74) is 7.47. The van der Waals surface area contributed by atoms with Crippen LogP contribution in [0.15, 0.2) is 24.3 Å². The third-order valence-corrected chi connectivity index (χ3v) is 3.79. The largest absolute Gasteiger partial charge is 0.399 e. The Morgan fingerprint density at radius 3 is 2.58 bits per heavy atom. The average molecular weight is 282 g/mol. The molecule has 0 saturated heterocycles. The first kappa shape index (κ1) is 15.7. The molecule has 2 unspecified atom stereocenters. The Morgan fingerprint density at radius 1 is 1.37 bits per heavy atom. The lowest BCUT2D eigenvalue weighted by Gasteiger charge is -2.12. The highest BCUT2D eigenvalue weighted by atomic mass is 32.2. The first-order chi connectivity index (χ1) is 8.99. The van der Waals surface area contributed by atoms with Gasteiger partial charge in [-0.2, -0.15) is 0 Å². The summed E-state index contributed by atoms with van der Waals surface area (Å²) in [6.45, 7) is 2.61. The molecule has 0 aliphatic carbocycles. The van der Waals surface area contributed by atoms with Crippen molar-refractivity contribution >= 4 is 22.4 Å². The van der Waals surface area contributed by atoms with Crippen LogP contribution in [0.3, 0.4) is 0 Å². The number of carbonyl (C=O) groups excluding carboxylic acids is 1. The maximum Gasteiger partial charge on any atom is 0.220 e. The van der Waals surface area contributed by atoms with Crippen LogP contribution in [0.1, 0.15) is 31.2 Å². The standard InChI is InChI=1S/C14H22N2O2S/c1-11(12-4-6-13(15)7-5-12)10-14(17)16-8-3-9-19(2)18/h4-7,11H,3,8-10,15H2,1-2H3,(H,16,17). The lowest BCUT2D eigenvalue weighted by atomic mass is 9.97. The van der Waals surface area contributed by atoms with E-state index in [1.807, 2.05) is 31.2 Å². The lowest BCUT2D eigenvalue weighted by molar-refractivity contribution is -0.121. The molecule has 0 radical (unpaired) electrons. The lowest BCUT2D eigenvalue weighted by Crippen LogP contribution is -2.26. The summed E-state index contributed by atoms with van der Waals surface area (Å²) in [4.78, 5) is 11.7. The normalized spacial score (nSPS) is 13.8. The van der Waals surface area contributed by atoms with Crippen LogP contribution in [0.25, 0.3) is 0 Å². The second kappa shape index (κ2) is 7.94. The van der Waals surface area contributed by atoms with E-state index in [-0.39, 0.29) is 11.8 Å². The topological polar surface area (TPSA) is 72.2 Å². The van der Waals surface area contributed by atoms with Crippen molar-refractivity contribution in [1.82, 2.24) is 5.32 Å². The molecule has 5 heteroatoms. The Kier molecular flexibility index (Phi) is 6.56. The van der Waals surface area contributed by atoms with E-state index >= 15 is 0 Å². The van der Waals surface area contributed by atoms with Gasteiger partial charge in [-0.3, -0.25) is 9.00 Å². The van der Waals surface area contributed by atoms with Crippen molar-refractivity contribution in [1.29, 1.82) is 0 Å². The van der Waals surface area contributed by atoms with Gasteiger partial charge in [-0.15, -0.1) is 0 Å². The Balaban J connectivity index is 2.31. The zero-order chi connectivity index (χ0) is 14.3. The van der Waals surface area contributed by atoms with Crippen LogP contribution in [-0.2, 0) is 15.6 Å². The number of amides is 1. The number of anilines is 1. The van der Waals surface area contributed by atoms with Gasteiger partial charge >= 0.3 is 0 Å². The van der Waals surface area contributed by atoms with Crippen molar-refractivity contribution in [3.05, 3.63) is 29.8 Å². The van der Waals surface area contributed by atoms with Crippen LogP contribution in [0.4, 0.5) is 5.69 Å². The Morgan fingerprint density at radius 2 is 2.00 bits per heavy atom. The maximum atomic E-state index is 11.7. The van der Waals surface area contributed by atoms with Gasteiger partial charge in [0.15, 0.2) is 0 Å². The zero-order valence-electron chi connectivity index (χ0n) is 11.5. The number of nitrogens with two attached hydrogens (primary N) is 1. The van der Waals surface area contributed by atoms with E-state index in [9.17, 15) is 9.00 Å². The van der Waals surface area contributed by atoms with E-state index in [1.54, 1.807) is 6.26 Å². The Hall–Kier alpha value is -1.36. The van der Waals surface area contributed by atoms with Crippen LogP contribution < -0.4 is 11.1 Å². The van der Waals surface area contributed by atoms with E-state index < -0.39 is 10.8 Å². The van der Waals surface area contributed by atoms with Gasteiger partial charge < -0.3 is 11.1 Å². The van der Waals surface area contributed by atoms with Gasteiger partial charge in [0.25, 0.3) is 0 Å². The van der Waals surface area contributed by atoms with E-state index in [0.717, 1.165) is 17.7 Å². The van der Waals surface area contributed by atoms with Gasteiger partial charge in [-0.1, -0.05) is 19.1 Å². The molecular weight excluding hydrogens is 260 g/mol. The van der Waals surface area contributed by atoms with Crippen LogP contribution in [0.2, 0.25) is 0 Å². The summed E-state index contributed by atoms with van der Waals surface area (Å²) in [6, 6.07) is 7.60. The molecule has 0 aromatic heterocycles. The van der Waals surface area contributed by atoms with Crippen molar-refractivity contribution < 1.29 is 9.00 Å². The highest BCUT2D eigenvalue weighted by molar-refractivity contribution is 7.84. The third kappa shape index (κ3) is 6.38. The number of hydrogen-bond donors (Lipinski definition) is 2. The fraction of sp³-hybridized carbons (Fsp3) is 0.500. The van der Waals surface area contributed by atoms with E-state index in [1.165, 1.54) is 0 Å². The van der Waals surface area contributed by atoms with Crippen molar-refractivity contribution in [2.24, 2.45) is 0 Å². The highest BCUT2D eigenvalue weighted by Gasteiger charge is 2.10. The second-order valence-electron chi connectivity index (χ2n) is 4.75. The van der Waals surface area contributed by atoms with Gasteiger partial charge in [-0.25, -0.2) is 0 Å². The molecule has 0 fully saturated rings. The van der Waals surface area contributed by atoms with Crippen LogP contribution in [0, 0.1) is 0 Å². The maximum absolute atomic E-state index is 11.7. The molecule has 0 spiro atoms. The number of nitrogen functional groups attached to an aromatic ring is 1. The van der Waals surface area contributed by atoms with Gasteiger partial charge in [0.05, 0.1) is 0 Å². The van der Waals surface area contributed by atoms with Gasteiger partial charge in [0.1, 0.15) is 0 Å². The van der Waals surface area contributed by atoms with Crippen LogP contribution in [-0.4, -0.2) is 28.7 Å². The molecule has 2 atom stereocenters. The summed E-state index contributed by atoms with van der Waals surface area (Å²) >= 11 is 0. The van der Waals surface area contributed by atoms with Crippen LogP contribution >= 0.6 is 0 Å². The molecule has 0 bridgehead atoms. The summed E-state index contributed by atoms with van der Waals surface area (Å²) in [6.07, 6.45) is 2.88. The Labute approximate surface area is 117 Å². The molecule has 3 N–H and O–H groups in total. The molecule has 0 aliphatic rings. The molecule has 1 aromatic carbocycles. The van der Waals surface area contributed by atoms with Crippen molar-refractivity contribution in [3.63, 3.8) is 0 Å². The quantitative estimate of drug-likeness (QED) is 0.590. The monoisotopic (exact) mass is 282 g/mol. The Bertz CT molecular complexity index is 432. The van der Waals surface area contributed by atoms with Crippen molar-refractivity contribution in [2.45, 2.75) is 25.7 Å². The van der Waals surface area contributed by atoms with E-state index in [2.05, 4.69) is 5.32 Å². The second-order valence-corrected chi connectivity index (χ2v) is 6.31. The summed E-state index contributed by atoms with van der Waals surface area (Å²) < 4.78 is 10.9. The predicted molar refractivity (Wildman–Crippen MR) is 80.4 cm³/mol. The SMILES string of the molecule is CC(CC(=O)NCCCS(C)=O)c1ccc(N)cc1. The molecule has 1 aromatic rings. The van der Waals surface area contributed by atoms with E-state index in [0.29, 0.717) is 18.7 Å². The minimum atomic E-state index is -0.786. The van der Waals surface area contributed by atoms with E-state index in [4.69, 9.17) is 5.73 Å². The molecule has 0 saturated carbocycles. The smallest absolute Gasteiger partial charge is 0.220 e. The molecule has 4 nitrogen and oxygen atoms in total. The summed E-state index contributed by atoms with van der Waals surface area (Å²) in [5.74, 6) is 0.834. The molecule has 106 valence electrons. The molecule has 1 rings (SSSR count). The molecule has 0 aliphatic heterocycles. The van der Waals surface area contributed by atoms with Crippen LogP contribution in [0.5, 0.6) is 0 Å². The van der Waals surface area contributed by atoms with Crippen molar-refractivity contribution in [2.75, 3.05) is 24.3 Å². The number of carbonyl (C=O) groups is 1. The highest BCUT2D eigenvalue weighted by Crippen LogP contribution is 2.19. The van der Waals surface area contributed by atoms with Gasteiger partial charge in [0, 0.05) is 41.5 Å². The minimum Gasteiger partial charge on any atom is -0.399 e. The minimum absolute atomic E-state index is 0.0335. The van der Waals surface area contributed by atoms with Crippen molar-refractivity contribution in [3.8, 4) is 0 Å². The summed E-state index contributed by atoms with van der Waals surface area (Å²) in [7, 11) is -0.786. The van der Waals surface area contributed by atoms with Gasteiger partial charge in [0.2, 0.25) is 5.91 Å². The third-order valence-electron chi connectivity index (χ3n) is 2.93. The molecule has 1 amide bonds. The number of benzene rings is 1. The molecule has 0 heterocycles. The van der Waals surface area contributed by atoms with Gasteiger partial charge in [-0.05, 0) is 30.0 Å². The average Bonchev–Trinajstić information content (AvgIpc) is 2.35.